The molecule has 1 heterocycles. The molecule has 0 aromatic carbocycles. The Morgan fingerprint density at radius 1 is 1.22 bits per heavy atom. The standard InChI is InChI=1S/C20H32O3/c1-8-12(2)9-13(3)10-14(4)11-15(5)19-16(6)18(21)17(7)20(22)23-19/h9,12,14-15,21H,8,10-11H2,1-7H3. The average molecular weight is 320 g/mol. The zero-order chi connectivity index (χ0) is 17.7. The molecule has 0 aliphatic rings. The topological polar surface area (TPSA) is 50.4 Å². The maximum atomic E-state index is 11.8. The van der Waals surface area contributed by atoms with Crippen molar-refractivity contribution in [3.8, 4) is 5.75 Å². The molecule has 3 unspecified atom stereocenters. The molecule has 0 spiro atoms. The van der Waals surface area contributed by atoms with Gasteiger partial charge in [-0.05, 0) is 45.4 Å². The normalized spacial score (nSPS) is 16.2. The highest BCUT2D eigenvalue weighted by Crippen LogP contribution is 2.32. The summed E-state index contributed by atoms with van der Waals surface area (Å²) < 4.78 is 5.44. The molecule has 23 heavy (non-hydrogen) atoms. The first-order valence-electron chi connectivity index (χ1n) is 8.67. The zero-order valence-corrected chi connectivity index (χ0v) is 15.7. The minimum atomic E-state index is -0.435. The van der Waals surface area contributed by atoms with Crippen LogP contribution < -0.4 is 5.63 Å². The van der Waals surface area contributed by atoms with Crippen molar-refractivity contribution in [3.05, 3.63) is 39.0 Å². The van der Waals surface area contributed by atoms with Gasteiger partial charge in [0, 0.05) is 11.5 Å². The van der Waals surface area contributed by atoms with Crippen molar-refractivity contribution in [1.82, 2.24) is 0 Å². The Bertz CT molecular complexity index is 610. The van der Waals surface area contributed by atoms with E-state index in [-0.39, 0.29) is 11.7 Å². The van der Waals surface area contributed by atoms with Crippen molar-refractivity contribution in [1.29, 1.82) is 0 Å². The molecule has 130 valence electrons. The van der Waals surface area contributed by atoms with Crippen LogP contribution in [0.2, 0.25) is 0 Å². The van der Waals surface area contributed by atoms with Gasteiger partial charge in [-0.3, -0.25) is 0 Å². The summed E-state index contributed by atoms with van der Waals surface area (Å²) in [6.07, 6.45) is 5.49. The molecular formula is C20H32O3. The van der Waals surface area contributed by atoms with Crippen LogP contribution in [0.1, 0.15) is 76.7 Å². The van der Waals surface area contributed by atoms with Crippen LogP contribution >= 0.6 is 0 Å². The molecule has 3 heteroatoms. The Kier molecular flexibility index (Phi) is 7.11. The van der Waals surface area contributed by atoms with E-state index in [4.69, 9.17) is 4.42 Å². The molecule has 1 aromatic rings. The Morgan fingerprint density at radius 2 is 1.83 bits per heavy atom. The van der Waals surface area contributed by atoms with Crippen LogP contribution in [0.5, 0.6) is 5.75 Å². The molecule has 0 aliphatic heterocycles. The molecule has 3 atom stereocenters. The van der Waals surface area contributed by atoms with E-state index < -0.39 is 5.63 Å². The first-order valence-corrected chi connectivity index (χ1v) is 8.67. The van der Waals surface area contributed by atoms with Gasteiger partial charge in [0.25, 0.3) is 0 Å². The van der Waals surface area contributed by atoms with E-state index in [0.717, 1.165) is 19.3 Å². The van der Waals surface area contributed by atoms with Gasteiger partial charge in [-0.1, -0.05) is 45.8 Å². The SMILES string of the molecule is CCC(C)C=C(C)CC(C)CC(C)c1oc(=O)c(C)c(O)c1C. The molecule has 0 saturated carbocycles. The smallest absolute Gasteiger partial charge is 0.342 e. The van der Waals surface area contributed by atoms with Gasteiger partial charge < -0.3 is 9.52 Å². The van der Waals surface area contributed by atoms with Crippen LogP contribution in [-0.4, -0.2) is 5.11 Å². The average Bonchev–Trinajstić information content (AvgIpc) is 2.47. The third-order valence-electron chi connectivity index (χ3n) is 4.68. The molecule has 0 bridgehead atoms. The third kappa shape index (κ3) is 5.26. The first kappa shape index (κ1) is 19.5. The predicted molar refractivity (Wildman–Crippen MR) is 96.1 cm³/mol. The molecule has 0 radical (unpaired) electrons. The molecule has 0 amide bonds. The second kappa shape index (κ2) is 8.37. The molecule has 0 fully saturated rings. The van der Waals surface area contributed by atoms with Crippen molar-refractivity contribution in [2.75, 3.05) is 0 Å². The van der Waals surface area contributed by atoms with Gasteiger partial charge in [-0.2, -0.15) is 0 Å². The van der Waals surface area contributed by atoms with Crippen molar-refractivity contribution >= 4 is 0 Å². The Morgan fingerprint density at radius 3 is 2.39 bits per heavy atom. The Labute approximate surface area is 140 Å². The Balaban J connectivity index is 2.82. The third-order valence-corrected chi connectivity index (χ3v) is 4.68. The van der Waals surface area contributed by atoms with Crippen LogP contribution in [0.25, 0.3) is 0 Å². The largest absolute Gasteiger partial charge is 0.507 e. The summed E-state index contributed by atoms with van der Waals surface area (Å²) in [7, 11) is 0. The number of rotatable bonds is 7. The fourth-order valence-corrected chi connectivity index (χ4v) is 3.23. The van der Waals surface area contributed by atoms with Gasteiger partial charge in [0.2, 0.25) is 0 Å². The fraction of sp³-hybridized carbons (Fsp3) is 0.650. The summed E-state index contributed by atoms with van der Waals surface area (Å²) in [5.41, 5.74) is 1.96. The van der Waals surface area contributed by atoms with Gasteiger partial charge in [-0.15, -0.1) is 0 Å². The highest BCUT2D eigenvalue weighted by Gasteiger charge is 2.20. The first-order chi connectivity index (χ1) is 10.7. The molecule has 0 saturated heterocycles. The second-order valence-corrected chi connectivity index (χ2v) is 7.20. The molecule has 3 nitrogen and oxygen atoms in total. The summed E-state index contributed by atoms with van der Waals surface area (Å²) in [4.78, 5) is 11.8. The van der Waals surface area contributed by atoms with Gasteiger partial charge in [0.1, 0.15) is 11.5 Å². The number of allylic oxidation sites excluding steroid dienone is 2. The number of aromatic hydroxyl groups is 1. The van der Waals surface area contributed by atoms with Gasteiger partial charge >= 0.3 is 5.63 Å². The fourth-order valence-electron chi connectivity index (χ4n) is 3.23. The summed E-state index contributed by atoms with van der Waals surface area (Å²) >= 11 is 0. The maximum absolute atomic E-state index is 11.8. The lowest BCUT2D eigenvalue weighted by molar-refractivity contribution is 0.365. The highest BCUT2D eigenvalue weighted by atomic mass is 16.4. The summed E-state index contributed by atoms with van der Waals surface area (Å²) in [5.74, 6) is 1.92. The summed E-state index contributed by atoms with van der Waals surface area (Å²) in [6, 6.07) is 0. The van der Waals surface area contributed by atoms with Gasteiger partial charge in [0.05, 0.1) is 5.56 Å². The second-order valence-electron chi connectivity index (χ2n) is 7.20. The lowest BCUT2D eigenvalue weighted by atomic mass is 9.88. The van der Waals surface area contributed by atoms with Crippen molar-refractivity contribution in [2.45, 2.75) is 73.6 Å². The molecule has 1 rings (SSSR count). The Hall–Kier alpha value is -1.51. The molecule has 0 aliphatic carbocycles. The van der Waals surface area contributed by atoms with Crippen LogP contribution in [-0.2, 0) is 0 Å². The monoisotopic (exact) mass is 320 g/mol. The van der Waals surface area contributed by atoms with Crippen LogP contribution in [0.15, 0.2) is 20.9 Å². The lowest BCUT2D eigenvalue weighted by Gasteiger charge is -2.19. The molecule has 1 N–H and O–H groups in total. The zero-order valence-electron chi connectivity index (χ0n) is 15.7. The molecule has 1 aromatic heterocycles. The number of hydrogen-bond acceptors (Lipinski definition) is 3. The van der Waals surface area contributed by atoms with E-state index >= 15 is 0 Å². The van der Waals surface area contributed by atoms with Crippen LogP contribution in [0.3, 0.4) is 0 Å². The van der Waals surface area contributed by atoms with Gasteiger partial charge in [0.15, 0.2) is 0 Å². The van der Waals surface area contributed by atoms with Gasteiger partial charge in [-0.25, -0.2) is 4.79 Å². The summed E-state index contributed by atoms with van der Waals surface area (Å²) in [6.45, 7) is 14.3. The van der Waals surface area contributed by atoms with Crippen molar-refractivity contribution < 1.29 is 9.52 Å². The van der Waals surface area contributed by atoms with Crippen LogP contribution in [0.4, 0.5) is 0 Å². The summed E-state index contributed by atoms with van der Waals surface area (Å²) in [5, 5.41) is 10.1. The lowest BCUT2D eigenvalue weighted by Crippen LogP contribution is -2.11. The van der Waals surface area contributed by atoms with E-state index in [1.807, 2.05) is 6.92 Å². The minimum Gasteiger partial charge on any atom is -0.507 e. The minimum absolute atomic E-state index is 0.0728. The van der Waals surface area contributed by atoms with E-state index in [2.05, 4.69) is 40.7 Å². The van der Waals surface area contributed by atoms with Crippen molar-refractivity contribution in [2.24, 2.45) is 11.8 Å². The van der Waals surface area contributed by atoms with Crippen molar-refractivity contribution in [3.63, 3.8) is 0 Å². The van der Waals surface area contributed by atoms with E-state index in [1.165, 1.54) is 5.57 Å². The maximum Gasteiger partial charge on any atom is 0.342 e. The number of hydrogen-bond donors (Lipinski definition) is 1. The van der Waals surface area contributed by atoms with E-state index in [1.54, 1.807) is 6.92 Å². The van der Waals surface area contributed by atoms with Crippen LogP contribution in [0, 0.1) is 25.7 Å². The highest BCUT2D eigenvalue weighted by molar-refractivity contribution is 5.39. The van der Waals surface area contributed by atoms with E-state index in [9.17, 15) is 9.90 Å². The van der Waals surface area contributed by atoms with E-state index in [0.29, 0.717) is 28.7 Å². The predicted octanol–water partition coefficient (Wildman–Crippen LogP) is 5.47. The quantitative estimate of drug-likeness (QED) is 0.677. The molecular weight excluding hydrogens is 288 g/mol.